The number of rotatable bonds is 6. The van der Waals surface area contributed by atoms with Crippen molar-refractivity contribution in [2.45, 2.75) is 32.7 Å². The van der Waals surface area contributed by atoms with Crippen LogP contribution < -0.4 is 5.32 Å². The van der Waals surface area contributed by atoms with E-state index in [-0.39, 0.29) is 17.9 Å². The van der Waals surface area contributed by atoms with Gasteiger partial charge in [-0.15, -0.1) is 22.7 Å². The monoisotopic (exact) mass is 293 g/mol. The van der Waals surface area contributed by atoms with Crippen LogP contribution in [0.2, 0.25) is 0 Å². The Morgan fingerprint density at radius 2 is 1.68 bits per heavy atom. The Labute approximate surface area is 122 Å². The highest BCUT2D eigenvalue weighted by molar-refractivity contribution is 7.10. The van der Waals surface area contributed by atoms with Crippen molar-refractivity contribution in [3.8, 4) is 0 Å². The lowest BCUT2D eigenvalue weighted by Crippen LogP contribution is -2.38. The van der Waals surface area contributed by atoms with Gasteiger partial charge in [-0.1, -0.05) is 19.1 Å². The van der Waals surface area contributed by atoms with Crippen molar-refractivity contribution in [1.82, 2.24) is 5.32 Å². The Balaban J connectivity index is 1.79. The van der Waals surface area contributed by atoms with Gasteiger partial charge >= 0.3 is 0 Å². The van der Waals surface area contributed by atoms with E-state index in [4.69, 9.17) is 0 Å². The van der Waals surface area contributed by atoms with Crippen molar-refractivity contribution in [3.05, 3.63) is 44.8 Å². The average Bonchev–Trinajstić information content (AvgIpc) is 3.01. The maximum atomic E-state index is 12.1. The molecule has 0 aromatic carbocycles. The molecule has 0 radical (unpaired) electrons. The van der Waals surface area contributed by atoms with E-state index in [1.54, 1.807) is 22.7 Å². The number of thiophene rings is 2. The summed E-state index contributed by atoms with van der Waals surface area (Å²) in [5.74, 6) is 0.182. The summed E-state index contributed by atoms with van der Waals surface area (Å²) in [7, 11) is 0. The first-order valence-electron chi connectivity index (χ1n) is 6.50. The lowest BCUT2D eigenvalue weighted by Gasteiger charge is -2.16. The second kappa shape index (κ2) is 6.87. The summed E-state index contributed by atoms with van der Waals surface area (Å²) >= 11 is 3.45. The molecule has 0 aliphatic carbocycles. The van der Waals surface area contributed by atoms with E-state index < -0.39 is 0 Å². The standard InChI is InChI=1S/C15H19NOS2/c1-11(9-13-5-3-7-18-13)15(17)16-12(2)10-14-6-4-8-19-14/h3-8,11-12H,9-10H2,1-2H3,(H,16,17)/t11-,12-/m0/s1. The number of hydrogen-bond acceptors (Lipinski definition) is 3. The minimum atomic E-state index is 0.0319. The molecule has 2 heterocycles. The fourth-order valence-electron chi connectivity index (χ4n) is 1.99. The lowest BCUT2D eigenvalue weighted by atomic mass is 10.1. The summed E-state index contributed by atoms with van der Waals surface area (Å²) in [6, 6.07) is 8.47. The van der Waals surface area contributed by atoms with Gasteiger partial charge in [-0.05, 0) is 36.2 Å². The minimum Gasteiger partial charge on any atom is -0.353 e. The second-order valence-electron chi connectivity index (χ2n) is 4.88. The molecule has 2 nitrogen and oxygen atoms in total. The van der Waals surface area contributed by atoms with Gasteiger partial charge in [0.05, 0.1) is 0 Å². The molecule has 0 saturated carbocycles. The molecule has 0 spiro atoms. The number of hydrogen-bond donors (Lipinski definition) is 1. The Morgan fingerprint density at radius 3 is 2.21 bits per heavy atom. The molecule has 2 aromatic rings. The van der Waals surface area contributed by atoms with Crippen LogP contribution in [0.3, 0.4) is 0 Å². The SMILES string of the molecule is C[C@@H](Cc1cccs1)NC(=O)[C@@H](C)Cc1cccs1. The van der Waals surface area contributed by atoms with Crippen molar-refractivity contribution in [1.29, 1.82) is 0 Å². The van der Waals surface area contributed by atoms with E-state index in [2.05, 4.69) is 35.1 Å². The molecule has 0 unspecified atom stereocenters. The molecule has 2 atom stereocenters. The van der Waals surface area contributed by atoms with Crippen molar-refractivity contribution < 1.29 is 4.79 Å². The molecule has 0 bridgehead atoms. The van der Waals surface area contributed by atoms with E-state index >= 15 is 0 Å². The zero-order chi connectivity index (χ0) is 13.7. The average molecular weight is 293 g/mol. The quantitative estimate of drug-likeness (QED) is 0.864. The van der Waals surface area contributed by atoms with Crippen LogP contribution in [0.4, 0.5) is 0 Å². The molecule has 1 amide bonds. The van der Waals surface area contributed by atoms with E-state index in [0.29, 0.717) is 0 Å². The number of carbonyl (C=O) groups excluding carboxylic acids is 1. The first-order valence-corrected chi connectivity index (χ1v) is 8.26. The first-order chi connectivity index (χ1) is 9.15. The number of amides is 1. The van der Waals surface area contributed by atoms with Gasteiger partial charge in [0.25, 0.3) is 0 Å². The van der Waals surface area contributed by atoms with Crippen molar-refractivity contribution in [3.63, 3.8) is 0 Å². The van der Waals surface area contributed by atoms with Crippen LogP contribution in [0.1, 0.15) is 23.6 Å². The summed E-state index contributed by atoms with van der Waals surface area (Å²) in [4.78, 5) is 14.7. The summed E-state index contributed by atoms with van der Waals surface area (Å²) in [5.41, 5.74) is 0. The van der Waals surface area contributed by atoms with E-state index in [0.717, 1.165) is 12.8 Å². The normalized spacial score (nSPS) is 14.0. The van der Waals surface area contributed by atoms with Gasteiger partial charge in [0, 0.05) is 28.1 Å². The maximum Gasteiger partial charge on any atom is 0.223 e. The maximum absolute atomic E-state index is 12.1. The molecule has 4 heteroatoms. The van der Waals surface area contributed by atoms with Gasteiger partial charge in [0.1, 0.15) is 0 Å². The Bertz CT molecular complexity index is 490. The zero-order valence-corrected chi connectivity index (χ0v) is 12.9. The highest BCUT2D eigenvalue weighted by atomic mass is 32.1. The fraction of sp³-hybridized carbons (Fsp3) is 0.400. The molecule has 0 aliphatic rings. The largest absolute Gasteiger partial charge is 0.353 e. The minimum absolute atomic E-state index is 0.0319. The van der Waals surface area contributed by atoms with Crippen LogP contribution >= 0.6 is 22.7 Å². The highest BCUT2D eigenvalue weighted by Crippen LogP contribution is 2.15. The van der Waals surface area contributed by atoms with Gasteiger partial charge < -0.3 is 5.32 Å². The van der Waals surface area contributed by atoms with Gasteiger partial charge in [0.15, 0.2) is 0 Å². The lowest BCUT2D eigenvalue weighted by molar-refractivity contribution is -0.125. The smallest absolute Gasteiger partial charge is 0.223 e. The third kappa shape index (κ3) is 4.48. The summed E-state index contributed by atoms with van der Waals surface area (Å²) < 4.78 is 0. The van der Waals surface area contributed by atoms with Crippen molar-refractivity contribution in [2.75, 3.05) is 0 Å². The number of nitrogens with one attached hydrogen (secondary N) is 1. The van der Waals surface area contributed by atoms with Crippen molar-refractivity contribution >= 4 is 28.6 Å². The molecule has 102 valence electrons. The van der Waals surface area contributed by atoms with Gasteiger partial charge in [0.2, 0.25) is 5.91 Å². The molecular weight excluding hydrogens is 274 g/mol. The molecule has 0 fully saturated rings. The molecule has 2 rings (SSSR count). The molecule has 0 saturated heterocycles. The predicted octanol–water partition coefficient (Wildman–Crippen LogP) is 3.74. The summed E-state index contributed by atoms with van der Waals surface area (Å²) in [6.07, 6.45) is 1.74. The molecular formula is C15H19NOS2. The van der Waals surface area contributed by atoms with Crippen LogP contribution in [-0.2, 0) is 17.6 Å². The van der Waals surface area contributed by atoms with Crippen molar-refractivity contribution in [2.24, 2.45) is 5.92 Å². The van der Waals surface area contributed by atoms with Crippen LogP contribution in [0, 0.1) is 5.92 Å². The Kier molecular flexibility index (Phi) is 5.16. The zero-order valence-electron chi connectivity index (χ0n) is 11.3. The third-order valence-corrected chi connectivity index (χ3v) is 4.81. The second-order valence-corrected chi connectivity index (χ2v) is 6.94. The summed E-state index contributed by atoms with van der Waals surface area (Å²) in [5, 5.41) is 7.23. The van der Waals surface area contributed by atoms with Gasteiger partial charge in [-0.25, -0.2) is 0 Å². The third-order valence-electron chi connectivity index (χ3n) is 3.01. The Morgan fingerprint density at radius 1 is 1.11 bits per heavy atom. The topological polar surface area (TPSA) is 29.1 Å². The molecule has 1 N–H and O–H groups in total. The fourth-order valence-corrected chi connectivity index (χ4v) is 3.66. The van der Waals surface area contributed by atoms with Crippen LogP contribution in [-0.4, -0.2) is 11.9 Å². The van der Waals surface area contributed by atoms with Crippen LogP contribution in [0.25, 0.3) is 0 Å². The predicted molar refractivity (Wildman–Crippen MR) is 82.8 cm³/mol. The van der Waals surface area contributed by atoms with Gasteiger partial charge in [-0.3, -0.25) is 4.79 Å². The summed E-state index contributed by atoms with van der Waals surface area (Å²) in [6.45, 7) is 4.06. The molecule has 0 aliphatic heterocycles. The van der Waals surface area contributed by atoms with Crippen LogP contribution in [0.15, 0.2) is 35.0 Å². The first kappa shape index (κ1) is 14.3. The molecule has 19 heavy (non-hydrogen) atoms. The van der Waals surface area contributed by atoms with E-state index in [1.165, 1.54) is 9.75 Å². The number of carbonyl (C=O) groups is 1. The Hall–Kier alpha value is -1.13. The van der Waals surface area contributed by atoms with E-state index in [1.807, 2.05) is 19.1 Å². The van der Waals surface area contributed by atoms with Crippen LogP contribution in [0.5, 0.6) is 0 Å². The van der Waals surface area contributed by atoms with E-state index in [9.17, 15) is 4.79 Å². The highest BCUT2D eigenvalue weighted by Gasteiger charge is 2.16. The van der Waals surface area contributed by atoms with Gasteiger partial charge in [-0.2, -0.15) is 0 Å². The molecule has 2 aromatic heterocycles.